The third-order valence-electron chi connectivity index (χ3n) is 2.73. The second-order valence-electron chi connectivity index (χ2n) is 3.91. The van der Waals surface area contributed by atoms with Gasteiger partial charge < -0.3 is 10.1 Å². The quantitative estimate of drug-likeness (QED) is 0.868. The summed E-state index contributed by atoms with van der Waals surface area (Å²) >= 11 is 0. The van der Waals surface area contributed by atoms with Crippen LogP contribution in [0.15, 0.2) is 18.6 Å². The van der Waals surface area contributed by atoms with Gasteiger partial charge in [0.05, 0.1) is 12.8 Å². The van der Waals surface area contributed by atoms with Gasteiger partial charge in [0.2, 0.25) is 5.88 Å². The Hall–Kier alpha value is -2.11. The zero-order valence-corrected chi connectivity index (χ0v) is 10.8. The number of hydrogen-bond acceptors (Lipinski definition) is 5. The first kappa shape index (κ1) is 12.3. The summed E-state index contributed by atoms with van der Waals surface area (Å²) < 4.78 is 7.17. The summed E-state index contributed by atoms with van der Waals surface area (Å²) in [6, 6.07) is 1.79. The first-order valence-electron chi connectivity index (χ1n) is 5.87. The van der Waals surface area contributed by atoms with Crippen LogP contribution in [0.25, 0.3) is 0 Å². The molecule has 0 radical (unpaired) electrons. The Morgan fingerprint density at radius 2 is 2.22 bits per heavy atom. The summed E-state index contributed by atoms with van der Waals surface area (Å²) in [5, 5.41) is 7.42. The molecule has 0 saturated heterocycles. The van der Waals surface area contributed by atoms with Gasteiger partial charge in [0.1, 0.15) is 12.1 Å². The Labute approximate surface area is 106 Å². The zero-order chi connectivity index (χ0) is 13.0. The number of aryl methyl sites for hydroxylation is 1. The van der Waals surface area contributed by atoms with Crippen molar-refractivity contribution in [1.82, 2.24) is 19.7 Å². The highest BCUT2D eigenvalue weighted by molar-refractivity contribution is 5.38. The lowest BCUT2D eigenvalue weighted by atomic mass is 10.2. The van der Waals surface area contributed by atoms with E-state index in [0.29, 0.717) is 19.0 Å². The fourth-order valence-corrected chi connectivity index (χ4v) is 1.57. The molecule has 96 valence electrons. The van der Waals surface area contributed by atoms with Crippen LogP contribution in [0.5, 0.6) is 5.88 Å². The summed E-state index contributed by atoms with van der Waals surface area (Å²) in [6.07, 6.45) is 3.34. The molecule has 0 fully saturated rings. The Morgan fingerprint density at radius 3 is 2.89 bits per heavy atom. The van der Waals surface area contributed by atoms with Crippen LogP contribution in [-0.4, -0.2) is 26.4 Å². The number of nitrogens with zero attached hydrogens (tertiary/aromatic N) is 4. The summed E-state index contributed by atoms with van der Waals surface area (Å²) in [4.78, 5) is 8.16. The first-order chi connectivity index (χ1) is 8.70. The monoisotopic (exact) mass is 247 g/mol. The number of nitrogens with one attached hydrogen (secondary N) is 1. The van der Waals surface area contributed by atoms with Crippen molar-refractivity contribution < 1.29 is 4.74 Å². The maximum atomic E-state index is 5.32. The Morgan fingerprint density at radius 1 is 1.39 bits per heavy atom. The van der Waals surface area contributed by atoms with E-state index in [1.54, 1.807) is 6.07 Å². The first-order valence-corrected chi connectivity index (χ1v) is 5.87. The molecule has 0 aliphatic carbocycles. The minimum atomic E-state index is 0.581. The van der Waals surface area contributed by atoms with E-state index in [-0.39, 0.29) is 0 Å². The minimum Gasteiger partial charge on any atom is -0.478 e. The highest BCUT2D eigenvalue weighted by atomic mass is 16.5. The van der Waals surface area contributed by atoms with Crippen LogP contribution in [0.4, 0.5) is 5.82 Å². The fraction of sp³-hybridized carbons (Fsp3) is 0.417. The van der Waals surface area contributed by atoms with E-state index in [0.717, 1.165) is 17.1 Å². The van der Waals surface area contributed by atoms with Gasteiger partial charge in [0, 0.05) is 30.9 Å². The van der Waals surface area contributed by atoms with Gasteiger partial charge in [-0.2, -0.15) is 5.10 Å². The topological polar surface area (TPSA) is 64.9 Å². The minimum absolute atomic E-state index is 0.581. The molecule has 0 saturated carbocycles. The highest BCUT2D eigenvalue weighted by Gasteiger charge is 2.04. The second kappa shape index (κ2) is 5.48. The van der Waals surface area contributed by atoms with Gasteiger partial charge >= 0.3 is 0 Å². The number of aromatic nitrogens is 4. The highest BCUT2D eigenvalue weighted by Crippen LogP contribution is 2.13. The summed E-state index contributed by atoms with van der Waals surface area (Å²) in [7, 11) is 1.93. The normalized spacial score (nSPS) is 10.4. The van der Waals surface area contributed by atoms with E-state index in [4.69, 9.17) is 4.74 Å². The van der Waals surface area contributed by atoms with Crippen LogP contribution in [0.3, 0.4) is 0 Å². The Kier molecular flexibility index (Phi) is 3.76. The number of ether oxygens (including phenoxy) is 1. The summed E-state index contributed by atoms with van der Waals surface area (Å²) in [5.41, 5.74) is 2.29. The molecular formula is C12H17N5O. The van der Waals surface area contributed by atoms with Crippen molar-refractivity contribution in [3.63, 3.8) is 0 Å². The smallest absolute Gasteiger partial charge is 0.218 e. The fourth-order valence-electron chi connectivity index (χ4n) is 1.57. The molecule has 2 rings (SSSR count). The number of anilines is 1. The van der Waals surface area contributed by atoms with E-state index in [1.165, 1.54) is 6.33 Å². The standard InChI is InChI=1S/C12H17N5O/c1-4-18-12-5-11(14-8-15-12)13-6-10-7-16-17(3)9(10)2/h5,7-8H,4,6H2,1-3H3,(H,13,14,15). The van der Waals surface area contributed by atoms with Crippen molar-refractivity contribution in [3.05, 3.63) is 29.8 Å². The van der Waals surface area contributed by atoms with Crippen molar-refractivity contribution in [1.29, 1.82) is 0 Å². The lowest BCUT2D eigenvalue weighted by Crippen LogP contribution is -2.04. The van der Waals surface area contributed by atoms with Crippen LogP contribution in [-0.2, 0) is 13.6 Å². The van der Waals surface area contributed by atoms with Gasteiger partial charge in [-0.15, -0.1) is 0 Å². The Balaban J connectivity index is 2.01. The van der Waals surface area contributed by atoms with Gasteiger partial charge in [-0.05, 0) is 13.8 Å². The molecule has 0 unspecified atom stereocenters. The van der Waals surface area contributed by atoms with Crippen LogP contribution in [0, 0.1) is 6.92 Å². The molecule has 0 aromatic carbocycles. The SMILES string of the molecule is CCOc1cc(NCc2cnn(C)c2C)ncn1. The van der Waals surface area contributed by atoms with Crippen molar-refractivity contribution in [2.45, 2.75) is 20.4 Å². The maximum Gasteiger partial charge on any atom is 0.218 e. The van der Waals surface area contributed by atoms with Gasteiger partial charge in [-0.3, -0.25) is 4.68 Å². The third-order valence-corrected chi connectivity index (χ3v) is 2.73. The molecule has 6 heteroatoms. The predicted octanol–water partition coefficient (Wildman–Crippen LogP) is 1.53. The predicted molar refractivity (Wildman–Crippen MR) is 68.5 cm³/mol. The van der Waals surface area contributed by atoms with Crippen molar-refractivity contribution in [2.24, 2.45) is 7.05 Å². The van der Waals surface area contributed by atoms with Crippen LogP contribution in [0.1, 0.15) is 18.2 Å². The molecule has 6 nitrogen and oxygen atoms in total. The van der Waals surface area contributed by atoms with Gasteiger partial charge in [0.15, 0.2) is 0 Å². The van der Waals surface area contributed by atoms with Crippen LogP contribution >= 0.6 is 0 Å². The molecule has 2 heterocycles. The lowest BCUT2D eigenvalue weighted by Gasteiger charge is -2.06. The van der Waals surface area contributed by atoms with E-state index in [1.807, 2.05) is 31.8 Å². The van der Waals surface area contributed by atoms with Crippen molar-refractivity contribution >= 4 is 5.82 Å². The van der Waals surface area contributed by atoms with E-state index < -0.39 is 0 Å². The molecule has 0 atom stereocenters. The molecule has 0 spiro atoms. The maximum absolute atomic E-state index is 5.32. The van der Waals surface area contributed by atoms with Gasteiger partial charge in [-0.1, -0.05) is 0 Å². The molecule has 0 amide bonds. The molecule has 2 aromatic rings. The number of hydrogen-bond donors (Lipinski definition) is 1. The summed E-state index contributed by atoms with van der Waals surface area (Å²) in [5.74, 6) is 1.33. The lowest BCUT2D eigenvalue weighted by molar-refractivity contribution is 0.326. The number of rotatable bonds is 5. The second-order valence-corrected chi connectivity index (χ2v) is 3.91. The van der Waals surface area contributed by atoms with E-state index in [9.17, 15) is 0 Å². The average molecular weight is 247 g/mol. The average Bonchev–Trinajstić information content (AvgIpc) is 2.69. The third kappa shape index (κ3) is 2.77. The van der Waals surface area contributed by atoms with Gasteiger partial charge in [-0.25, -0.2) is 9.97 Å². The molecule has 0 aliphatic heterocycles. The van der Waals surface area contributed by atoms with Crippen LogP contribution in [0.2, 0.25) is 0 Å². The van der Waals surface area contributed by atoms with Crippen molar-refractivity contribution in [2.75, 3.05) is 11.9 Å². The summed E-state index contributed by atoms with van der Waals surface area (Å²) in [6.45, 7) is 5.24. The molecule has 0 aliphatic rings. The van der Waals surface area contributed by atoms with Gasteiger partial charge in [0.25, 0.3) is 0 Å². The molecule has 18 heavy (non-hydrogen) atoms. The largest absolute Gasteiger partial charge is 0.478 e. The molecular weight excluding hydrogens is 230 g/mol. The van der Waals surface area contributed by atoms with E-state index in [2.05, 4.69) is 20.4 Å². The zero-order valence-electron chi connectivity index (χ0n) is 10.8. The van der Waals surface area contributed by atoms with E-state index >= 15 is 0 Å². The molecule has 1 N–H and O–H groups in total. The Bertz CT molecular complexity index is 523. The molecule has 2 aromatic heterocycles. The molecule has 0 bridgehead atoms. The van der Waals surface area contributed by atoms with Crippen LogP contribution < -0.4 is 10.1 Å². The van der Waals surface area contributed by atoms with Crippen molar-refractivity contribution in [3.8, 4) is 5.88 Å².